The fraction of sp³-hybridized carbons (Fsp3) is 0.286. The summed E-state index contributed by atoms with van der Waals surface area (Å²) in [5.74, 6) is 0.337. The van der Waals surface area contributed by atoms with Gasteiger partial charge in [0.1, 0.15) is 5.75 Å². The van der Waals surface area contributed by atoms with E-state index in [-0.39, 0.29) is 11.6 Å². The molecule has 0 atom stereocenters. The zero-order chi connectivity index (χ0) is 23.9. The van der Waals surface area contributed by atoms with E-state index in [0.717, 1.165) is 35.8 Å². The molecule has 174 valence electrons. The Bertz CT molecular complexity index is 1230. The highest BCUT2D eigenvalue weighted by atomic mass is 35.5. The van der Waals surface area contributed by atoms with Gasteiger partial charge in [-0.1, -0.05) is 60.1 Å². The van der Waals surface area contributed by atoms with Gasteiger partial charge in [0.2, 0.25) is 0 Å². The molecule has 0 saturated carbocycles. The number of nitrogens with zero attached hydrogens (tertiary/aromatic N) is 2. The summed E-state index contributed by atoms with van der Waals surface area (Å²) in [6.07, 6.45) is 0. The molecule has 2 aliphatic rings. The van der Waals surface area contributed by atoms with Crippen LogP contribution in [0.25, 0.3) is 0 Å². The van der Waals surface area contributed by atoms with Crippen molar-refractivity contribution in [1.29, 1.82) is 0 Å². The first-order chi connectivity index (χ1) is 16.4. The highest BCUT2D eigenvalue weighted by Gasteiger charge is 2.58. The summed E-state index contributed by atoms with van der Waals surface area (Å²) in [5, 5.41) is 0.754. The van der Waals surface area contributed by atoms with E-state index >= 15 is 0 Å². The van der Waals surface area contributed by atoms with E-state index < -0.39 is 5.54 Å². The Morgan fingerprint density at radius 1 is 0.882 bits per heavy atom. The summed E-state index contributed by atoms with van der Waals surface area (Å²) in [6.45, 7) is 5.33. The maximum Gasteiger partial charge on any atom is 0.196 e. The molecule has 1 aliphatic heterocycles. The van der Waals surface area contributed by atoms with Crippen molar-refractivity contribution in [1.82, 2.24) is 9.80 Å². The number of hydrogen-bond donors (Lipinski definition) is 0. The van der Waals surface area contributed by atoms with Crippen LogP contribution >= 0.6 is 11.6 Å². The molecule has 1 aliphatic carbocycles. The minimum Gasteiger partial charge on any atom is -0.497 e. The Hall–Kier alpha value is -2.99. The number of aryl methyl sites for hydroxylation is 1. The molecular formula is C28H27ClN2O3. The predicted octanol–water partition coefficient (Wildman–Crippen LogP) is 4.75. The molecule has 5 nitrogen and oxygen atoms in total. The summed E-state index contributed by atoms with van der Waals surface area (Å²) < 4.78 is 5.51. The van der Waals surface area contributed by atoms with E-state index in [1.54, 1.807) is 19.2 Å². The van der Waals surface area contributed by atoms with Crippen molar-refractivity contribution >= 4 is 23.2 Å². The lowest BCUT2D eigenvalue weighted by molar-refractivity contribution is 0.0279. The smallest absolute Gasteiger partial charge is 0.196 e. The van der Waals surface area contributed by atoms with E-state index in [1.165, 1.54) is 0 Å². The number of ketones is 2. The van der Waals surface area contributed by atoms with Crippen LogP contribution in [0, 0.1) is 6.92 Å². The predicted molar refractivity (Wildman–Crippen MR) is 133 cm³/mol. The van der Waals surface area contributed by atoms with Gasteiger partial charge in [-0.3, -0.25) is 19.4 Å². The number of carbonyl (C=O) groups excluding carboxylic acids is 2. The molecule has 34 heavy (non-hydrogen) atoms. The zero-order valence-corrected chi connectivity index (χ0v) is 20.1. The van der Waals surface area contributed by atoms with E-state index in [1.807, 2.05) is 61.5 Å². The molecule has 0 bridgehead atoms. The highest BCUT2D eigenvalue weighted by molar-refractivity contribution is 6.33. The number of ether oxygens (including phenoxy) is 1. The van der Waals surface area contributed by atoms with Crippen LogP contribution in [0.4, 0.5) is 0 Å². The molecular weight excluding hydrogens is 448 g/mol. The monoisotopic (exact) mass is 474 g/mol. The van der Waals surface area contributed by atoms with Gasteiger partial charge in [-0.2, -0.15) is 0 Å². The summed E-state index contributed by atoms with van der Waals surface area (Å²) in [5.41, 5.74) is 2.31. The third-order valence-corrected chi connectivity index (χ3v) is 7.35. The van der Waals surface area contributed by atoms with Crippen LogP contribution in [0.1, 0.15) is 37.4 Å². The Kier molecular flexibility index (Phi) is 6.02. The number of hydrogen-bond acceptors (Lipinski definition) is 5. The topological polar surface area (TPSA) is 49.9 Å². The third-order valence-electron chi connectivity index (χ3n) is 6.98. The van der Waals surface area contributed by atoms with Crippen LogP contribution in [0.5, 0.6) is 5.75 Å². The third kappa shape index (κ3) is 3.65. The van der Waals surface area contributed by atoms with Gasteiger partial charge in [0, 0.05) is 48.9 Å². The van der Waals surface area contributed by atoms with E-state index in [9.17, 15) is 9.59 Å². The molecule has 3 aromatic carbocycles. The quantitative estimate of drug-likeness (QED) is 0.499. The summed E-state index contributed by atoms with van der Waals surface area (Å²) in [6, 6.07) is 20.7. The first-order valence-corrected chi connectivity index (χ1v) is 11.9. The Labute approximate surface area is 204 Å². The lowest BCUT2D eigenvalue weighted by atomic mass is 9.81. The van der Waals surface area contributed by atoms with Crippen LogP contribution < -0.4 is 4.74 Å². The number of halogens is 1. The van der Waals surface area contributed by atoms with E-state index in [2.05, 4.69) is 9.80 Å². The van der Waals surface area contributed by atoms with Gasteiger partial charge in [-0.25, -0.2) is 0 Å². The second-order valence-electron chi connectivity index (χ2n) is 9.01. The van der Waals surface area contributed by atoms with Crippen LogP contribution in [-0.4, -0.2) is 54.7 Å². The molecule has 0 amide bonds. The van der Waals surface area contributed by atoms with Crippen LogP contribution in [0.3, 0.4) is 0 Å². The Morgan fingerprint density at radius 3 is 2.12 bits per heavy atom. The molecule has 1 fully saturated rings. The van der Waals surface area contributed by atoms with Crippen LogP contribution in [0.2, 0.25) is 5.02 Å². The molecule has 1 heterocycles. The summed E-state index contributed by atoms with van der Waals surface area (Å²) in [4.78, 5) is 32.4. The number of carbonyl (C=O) groups is 2. The maximum absolute atomic E-state index is 14.0. The molecule has 0 aromatic heterocycles. The Balaban J connectivity index is 1.51. The Morgan fingerprint density at radius 2 is 1.50 bits per heavy atom. The highest BCUT2D eigenvalue weighted by Crippen LogP contribution is 2.44. The fourth-order valence-electron chi connectivity index (χ4n) is 5.29. The van der Waals surface area contributed by atoms with Crippen LogP contribution in [0.15, 0.2) is 66.7 Å². The van der Waals surface area contributed by atoms with Gasteiger partial charge in [-0.15, -0.1) is 0 Å². The standard InChI is InChI=1S/C28H27ClN2O3/c1-19-15-21(17-22(16-19)34-2)28(26(32)23-8-4-5-9-24(23)27(28)33)31-13-11-30(12-14-31)18-20-7-3-6-10-25(20)29/h3-10,15-17H,11-14,18H2,1-2H3. The molecule has 0 spiro atoms. The summed E-state index contributed by atoms with van der Waals surface area (Å²) in [7, 11) is 1.60. The maximum atomic E-state index is 14.0. The van der Waals surface area contributed by atoms with E-state index in [0.29, 0.717) is 35.5 Å². The second kappa shape index (κ2) is 8.99. The van der Waals surface area contributed by atoms with Crippen molar-refractivity contribution in [2.45, 2.75) is 19.0 Å². The first-order valence-electron chi connectivity index (χ1n) is 11.5. The normalized spacial score (nSPS) is 18.2. The van der Waals surface area contributed by atoms with Crippen molar-refractivity contribution in [2.75, 3.05) is 33.3 Å². The zero-order valence-electron chi connectivity index (χ0n) is 19.4. The molecule has 0 unspecified atom stereocenters. The number of benzene rings is 3. The molecule has 0 N–H and O–H groups in total. The number of Topliss-reactive ketones (excluding diaryl/α,β-unsaturated/α-hetero) is 2. The fourth-order valence-corrected chi connectivity index (χ4v) is 5.48. The van der Waals surface area contributed by atoms with Gasteiger partial charge in [0.05, 0.1) is 7.11 Å². The minimum atomic E-state index is -1.38. The van der Waals surface area contributed by atoms with Crippen molar-refractivity contribution in [3.63, 3.8) is 0 Å². The van der Waals surface area contributed by atoms with Gasteiger partial charge < -0.3 is 4.74 Å². The minimum absolute atomic E-state index is 0.152. The largest absolute Gasteiger partial charge is 0.497 e. The molecule has 6 heteroatoms. The molecule has 1 saturated heterocycles. The van der Waals surface area contributed by atoms with Crippen molar-refractivity contribution in [3.05, 3.63) is 99.6 Å². The second-order valence-corrected chi connectivity index (χ2v) is 9.41. The van der Waals surface area contributed by atoms with Gasteiger partial charge in [-0.05, 0) is 41.8 Å². The van der Waals surface area contributed by atoms with Gasteiger partial charge in [0.25, 0.3) is 0 Å². The first kappa shape index (κ1) is 22.8. The van der Waals surface area contributed by atoms with Gasteiger partial charge in [0.15, 0.2) is 17.1 Å². The van der Waals surface area contributed by atoms with Crippen molar-refractivity contribution < 1.29 is 14.3 Å². The lowest BCUT2D eigenvalue weighted by Gasteiger charge is -2.44. The van der Waals surface area contributed by atoms with Crippen LogP contribution in [-0.2, 0) is 12.1 Å². The van der Waals surface area contributed by atoms with Crippen molar-refractivity contribution in [3.8, 4) is 5.75 Å². The number of rotatable bonds is 5. The number of fused-ring (bicyclic) bond motifs is 1. The van der Waals surface area contributed by atoms with Gasteiger partial charge >= 0.3 is 0 Å². The summed E-state index contributed by atoms with van der Waals surface area (Å²) >= 11 is 6.37. The average molecular weight is 475 g/mol. The number of methoxy groups -OCH3 is 1. The average Bonchev–Trinajstić information content (AvgIpc) is 3.08. The van der Waals surface area contributed by atoms with Crippen molar-refractivity contribution in [2.24, 2.45) is 0 Å². The van der Waals surface area contributed by atoms with E-state index in [4.69, 9.17) is 16.3 Å². The molecule has 5 rings (SSSR count). The lowest BCUT2D eigenvalue weighted by Crippen LogP contribution is -2.60. The molecule has 3 aromatic rings. The SMILES string of the molecule is COc1cc(C)cc(C2(N3CCN(Cc4ccccc4Cl)CC3)C(=O)c3ccccc3C2=O)c1. The molecule has 0 radical (unpaired) electrons. The number of piperazine rings is 1.